The van der Waals surface area contributed by atoms with E-state index in [-0.39, 0.29) is 29.7 Å². The Morgan fingerprint density at radius 2 is 1.86 bits per heavy atom. The van der Waals surface area contributed by atoms with E-state index in [2.05, 4.69) is 20.8 Å². The normalized spacial score (nSPS) is 10.8. The van der Waals surface area contributed by atoms with Gasteiger partial charge in [0.15, 0.2) is 22.5 Å². The fourth-order valence-electron chi connectivity index (χ4n) is 3.28. The second-order valence-electron chi connectivity index (χ2n) is 7.53. The SMILES string of the molecule is CCn1c(CNC(=O)C=Cc2ccc(OC)c(OC)c2)nnc1SCC(=O)Nc1cccc(C(=O)O)c1. The lowest BCUT2D eigenvalue weighted by molar-refractivity contribution is -0.116. The van der Waals surface area contributed by atoms with Crippen LogP contribution in [0.15, 0.2) is 53.7 Å². The molecule has 0 spiro atoms. The fourth-order valence-corrected chi connectivity index (χ4v) is 4.11. The largest absolute Gasteiger partial charge is 0.493 e. The van der Waals surface area contributed by atoms with Crippen molar-refractivity contribution in [1.82, 2.24) is 20.1 Å². The van der Waals surface area contributed by atoms with Gasteiger partial charge in [-0.2, -0.15) is 0 Å². The molecule has 0 aliphatic carbocycles. The molecule has 0 aliphatic rings. The number of benzene rings is 2. The molecule has 0 aliphatic heterocycles. The summed E-state index contributed by atoms with van der Waals surface area (Å²) in [7, 11) is 3.10. The van der Waals surface area contributed by atoms with E-state index in [1.54, 1.807) is 55.2 Å². The summed E-state index contributed by atoms with van der Waals surface area (Å²) in [4.78, 5) is 35.8. The second-order valence-corrected chi connectivity index (χ2v) is 8.47. The van der Waals surface area contributed by atoms with E-state index in [0.29, 0.717) is 34.7 Å². The average molecular weight is 526 g/mol. The van der Waals surface area contributed by atoms with Crippen LogP contribution < -0.4 is 20.1 Å². The molecule has 194 valence electrons. The zero-order valence-electron chi connectivity index (χ0n) is 20.6. The van der Waals surface area contributed by atoms with E-state index >= 15 is 0 Å². The Labute approximate surface area is 217 Å². The lowest BCUT2D eigenvalue weighted by Gasteiger charge is -2.09. The molecule has 3 rings (SSSR count). The molecule has 1 aromatic heterocycles. The Morgan fingerprint density at radius 3 is 2.57 bits per heavy atom. The molecule has 0 bridgehead atoms. The highest BCUT2D eigenvalue weighted by Crippen LogP contribution is 2.28. The molecule has 2 aromatic carbocycles. The molecule has 3 aromatic rings. The first-order valence-corrected chi connectivity index (χ1v) is 12.2. The van der Waals surface area contributed by atoms with Gasteiger partial charge in [-0.25, -0.2) is 4.79 Å². The van der Waals surface area contributed by atoms with Gasteiger partial charge in [-0.05, 0) is 48.9 Å². The van der Waals surface area contributed by atoms with Crippen molar-refractivity contribution in [3.8, 4) is 11.5 Å². The molecule has 11 nitrogen and oxygen atoms in total. The molecule has 0 saturated carbocycles. The fraction of sp³-hybridized carbons (Fsp3) is 0.240. The van der Waals surface area contributed by atoms with Gasteiger partial charge in [-0.1, -0.05) is 23.9 Å². The van der Waals surface area contributed by atoms with Gasteiger partial charge < -0.3 is 29.8 Å². The molecule has 3 N–H and O–H groups in total. The highest BCUT2D eigenvalue weighted by Gasteiger charge is 2.14. The lowest BCUT2D eigenvalue weighted by atomic mass is 10.2. The third-order valence-corrected chi connectivity index (χ3v) is 6.06. The molecule has 0 saturated heterocycles. The number of hydrogen-bond donors (Lipinski definition) is 3. The molecule has 0 fully saturated rings. The Kier molecular flexibility index (Phi) is 9.67. The van der Waals surface area contributed by atoms with Crippen molar-refractivity contribution in [2.24, 2.45) is 0 Å². The minimum atomic E-state index is -1.07. The molecular formula is C25H27N5O6S. The highest BCUT2D eigenvalue weighted by atomic mass is 32.2. The number of amides is 2. The van der Waals surface area contributed by atoms with Crippen LogP contribution in [-0.4, -0.2) is 57.6 Å². The van der Waals surface area contributed by atoms with Crippen LogP contribution in [0.25, 0.3) is 6.08 Å². The summed E-state index contributed by atoms with van der Waals surface area (Å²) < 4.78 is 12.3. The number of carboxylic acid groups (broad SMARTS) is 1. The van der Waals surface area contributed by atoms with Gasteiger partial charge in [-0.3, -0.25) is 9.59 Å². The summed E-state index contributed by atoms with van der Waals surface area (Å²) in [6.45, 7) is 2.61. The van der Waals surface area contributed by atoms with E-state index in [1.165, 1.54) is 30.0 Å². The second kappa shape index (κ2) is 13.1. The number of carbonyl (C=O) groups is 3. The van der Waals surface area contributed by atoms with Crippen LogP contribution in [0.2, 0.25) is 0 Å². The third-order valence-electron chi connectivity index (χ3n) is 5.09. The predicted molar refractivity (Wildman–Crippen MR) is 139 cm³/mol. The van der Waals surface area contributed by atoms with Crippen LogP contribution in [0.5, 0.6) is 11.5 Å². The van der Waals surface area contributed by atoms with E-state index in [9.17, 15) is 14.4 Å². The number of carbonyl (C=O) groups excluding carboxylic acids is 2. The van der Waals surface area contributed by atoms with Gasteiger partial charge in [0.2, 0.25) is 11.8 Å². The number of hydrogen-bond acceptors (Lipinski definition) is 8. The molecule has 0 unspecified atom stereocenters. The van der Waals surface area contributed by atoms with Gasteiger partial charge >= 0.3 is 5.97 Å². The number of aromatic carboxylic acids is 1. The van der Waals surface area contributed by atoms with Crippen molar-refractivity contribution in [2.45, 2.75) is 25.2 Å². The van der Waals surface area contributed by atoms with Gasteiger partial charge in [-0.15, -0.1) is 10.2 Å². The van der Waals surface area contributed by atoms with Crippen LogP contribution in [0.3, 0.4) is 0 Å². The number of carboxylic acids is 1. The quantitative estimate of drug-likeness (QED) is 0.240. The smallest absolute Gasteiger partial charge is 0.335 e. The van der Waals surface area contributed by atoms with Gasteiger partial charge in [0.1, 0.15) is 0 Å². The molecular weight excluding hydrogens is 498 g/mol. The van der Waals surface area contributed by atoms with Gasteiger partial charge in [0.05, 0.1) is 32.1 Å². The maximum Gasteiger partial charge on any atom is 0.335 e. The summed E-state index contributed by atoms with van der Waals surface area (Å²) >= 11 is 1.19. The first-order valence-electron chi connectivity index (χ1n) is 11.2. The van der Waals surface area contributed by atoms with Crippen LogP contribution in [-0.2, 0) is 22.7 Å². The zero-order chi connectivity index (χ0) is 26.8. The first kappa shape index (κ1) is 27.3. The topological polar surface area (TPSA) is 145 Å². The number of methoxy groups -OCH3 is 2. The minimum Gasteiger partial charge on any atom is -0.493 e. The Balaban J connectivity index is 1.54. The van der Waals surface area contributed by atoms with Crippen molar-refractivity contribution >= 4 is 41.3 Å². The monoisotopic (exact) mass is 525 g/mol. The lowest BCUT2D eigenvalue weighted by Crippen LogP contribution is -2.22. The molecule has 1 heterocycles. The van der Waals surface area contributed by atoms with Crippen molar-refractivity contribution in [1.29, 1.82) is 0 Å². The number of aromatic nitrogens is 3. The van der Waals surface area contributed by atoms with Crippen LogP contribution in [0.4, 0.5) is 5.69 Å². The third kappa shape index (κ3) is 7.58. The van der Waals surface area contributed by atoms with E-state index < -0.39 is 5.97 Å². The van der Waals surface area contributed by atoms with Crippen molar-refractivity contribution in [3.63, 3.8) is 0 Å². The summed E-state index contributed by atoms with van der Waals surface area (Å²) in [5.41, 5.74) is 1.25. The van der Waals surface area contributed by atoms with Gasteiger partial charge in [0, 0.05) is 18.3 Å². The van der Waals surface area contributed by atoms with Crippen LogP contribution >= 0.6 is 11.8 Å². The minimum absolute atomic E-state index is 0.0514. The first-order chi connectivity index (χ1) is 17.8. The van der Waals surface area contributed by atoms with Crippen molar-refractivity contribution < 1.29 is 29.0 Å². The van der Waals surface area contributed by atoms with E-state index in [1.807, 2.05) is 6.92 Å². The predicted octanol–water partition coefficient (Wildman–Crippen LogP) is 3.07. The van der Waals surface area contributed by atoms with Crippen LogP contribution in [0.1, 0.15) is 28.7 Å². The maximum absolute atomic E-state index is 12.3. The molecule has 2 amide bonds. The average Bonchev–Trinajstić information content (AvgIpc) is 3.31. The van der Waals surface area contributed by atoms with Gasteiger partial charge in [0.25, 0.3) is 0 Å². The van der Waals surface area contributed by atoms with Crippen molar-refractivity contribution in [3.05, 3.63) is 65.5 Å². The van der Waals surface area contributed by atoms with Crippen LogP contribution in [0, 0.1) is 0 Å². The summed E-state index contributed by atoms with van der Waals surface area (Å²) in [6, 6.07) is 11.3. The molecule has 37 heavy (non-hydrogen) atoms. The Bertz CT molecular complexity index is 1310. The number of ether oxygens (including phenoxy) is 2. The number of nitrogens with one attached hydrogen (secondary N) is 2. The Morgan fingerprint density at radius 1 is 1.08 bits per heavy atom. The molecule has 0 radical (unpaired) electrons. The summed E-state index contributed by atoms with van der Waals surface area (Å²) in [6.07, 6.45) is 3.07. The standard InChI is InChI=1S/C25H27N5O6S/c1-4-30-21(14-26-22(31)11-9-16-8-10-19(35-2)20(12-16)36-3)28-29-25(30)37-15-23(32)27-18-7-5-6-17(13-18)24(33)34/h5-13H,4,14-15H2,1-3H3,(H,26,31)(H,27,32)(H,33,34). The van der Waals surface area contributed by atoms with E-state index in [4.69, 9.17) is 14.6 Å². The summed E-state index contributed by atoms with van der Waals surface area (Å²) in [5, 5.41) is 23.3. The Hall–Kier alpha value is -4.32. The highest BCUT2D eigenvalue weighted by molar-refractivity contribution is 7.99. The number of thioether (sulfide) groups is 1. The number of anilines is 1. The zero-order valence-corrected chi connectivity index (χ0v) is 21.4. The number of nitrogens with zero attached hydrogens (tertiary/aromatic N) is 3. The molecule has 12 heteroatoms. The number of rotatable bonds is 12. The molecule has 0 atom stereocenters. The van der Waals surface area contributed by atoms with E-state index in [0.717, 1.165) is 5.56 Å². The van der Waals surface area contributed by atoms with Crippen molar-refractivity contribution in [2.75, 3.05) is 25.3 Å². The summed E-state index contributed by atoms with van der Waals surface area (Å²) in [5.74, 6) is 0.0710. The maximum atomic E-state index is 12.3.